The molecule has 1 radical (unpaired) electrons. The van der Waals surface area contributed by atoms with E-state index < -0.39 is 0 Å². The van der Waals surface area contributed by atoms with Crippen LogP contribution in [0.3, 0.4) is 0 Å². The number of aromatic nitrogens is 2. The van der Waals surface area contributed by atoms with Gasteiger partial charge in [0.1, 0.15) is 5.52 Å². The average Bonchev–Trinajstić information content (AvgIpc) is 2.60. The zero-order chi connectivity index (χ0) is 14.8. The van der Waals surface area contributed by atoms with E-state index >= 15 is 0 Å². The van der Waals surface area contributed by atoms with Crippen molar-refractivity contribution in [3.63, 3.8) is 0 Å². The summed E-state index contributed by atoms with van der Waals surface area (Å²) in [5.41, 5.74) is 3.12. The normalized spacial score (nSPS) is 11.5. The summed E-state index contributed by atoms with van der Waals surface area (Å²) in [4.78, 5) is 0. The van der Waals surface area contributed by atoms with E-state index in [0.717, 1.165) is 27.7 Å². The second-order valence-corrected chi connectivity index (χ2v) is 4.84. The minimum atomic E-state index is 0.697. The van der Waals surface area contributed by atoms with Crippen molar-refractivity contribution >= 4 is 33.2 Å². The first kappa shape index (κ1) is 12.6. The molecule has 0 saturated carbocycles. The standard InChI is InChI=1S/C18H11N4/c1-2-7-13(8-3-1)19-21-16-11-6-12-17-18(16)14-9-4-5-10-15(14)20-22-17/h1-11H. The summed E-state index contributed by atoms with van der Waals surface area (Å²) in [5.74, 6) is 0. The molecule has 0 aliphatic carbocycles. The van der Waals surface area contributed by atoms with Gasteiger partial charge in [-0.2, -0.15) is 5.11 Å². The fourth-order valence-corrected chi connectivity index (χ4v) is 2.39. The summed E-state index contributed by atoms with van der Waals surface area (Å²) in [7, 11) is 0. The molecule has 4 aromatic rings. The molecule has 1 aromatic heterocycles. The molecule has 0 spiro atoms. The maximum atomic E-state index is 4.39. The number of benzene rings is 3. The van der Waals surface area contributed by atoms with Gasteiger partial charge in [0.25, 0.3) is 0 Å². The van der Waals surface area contributed by atoms with Gasteiger partial charge in [0.15, 0.2) is 0 Å². The minimum absolute atomic E-state index is 0.697. The van der Waals surface area contributed by atoms with Crippen LogP contribution in [0.15, 0.2) is 77.0 Å². The Bertz CT molecular complexity index is 978. The summed E-state index contributed by atoms with van der Waals surface area (Å²) in [6, 6.07) is 24.3. The van der Waals surface area contributed by atoms with E-state index in [-0.39, 0.29) is 0 Å². The molecular weight excluding hydrogens is 272 g/mol. The number of rotatable bonds is 2. The summed E-state index contributed by atoms with van der Waals surface area (Å²) < 4.78 is 0. The number of nitrogens with zero attached hydrogens (tertiary/aromatic N) is 4. The predicted molar refractivity (Wildman–Crippen MR) is 86.5 cm³/mol. The summed E-state index contributed by atoms with van der Waals surface area (Å²) >= 11 is 0. The van der Waals surface area contributed by atoms with Gasteiger partial charge in [-0.25, -0.2) is 0 Å². The Kier molecular flexibility index (Phi) is 3.05. The van der Waals surface area contributed by atoms with E-state index in [1.165, 1.54) is 0 Å². The van der Waals surface area contributed by atoms with Gasteiger partial charge in [-0.3, -0.25) is 0 Å². The zero-order valence-corrected chi connectivity index (χ0v) is 11.6. The van der Waals surface area contributed by atoms with Gasteiger partial charge < -0.3 is 0 Å². The molecule has 4 nitrogen and oxygen atoms in total. The third-order valence-electron chi connectivity index (χ3n) is 3.41. The average molecular weight is 283 g/mol. The second-order valence-electron chi connectivity index (χ2n) is 4.84. The highest BCUT2D eigenvalue weighted by atomic mass is 15.1. The van der Waals surface area contributed by atoms with Crippen LogP contribution >= 0.6 is 0 Å². The topological polar surface area (TPSA) is 50.5 Å². The van der Waals surface area contributed by atoms with Crippen LogP contribution in [0.1, 0.15) is 0 Å². The highest BCUT2D eigenvalue weighted by Crippen LogP contribution is 2.31. The molecule has 0 saturated heterocycles. The molecule has 0 aliphatic heterocycles. The highest BCUT2D eigenvalue weighted by molar-refractivity contribution is 6.09. The van der Waals surface area contributed by atoms with Gasteiger partial charge >= 0.3 is 0 Å². The number of hydrogen-bond acceptors (Lipinski definition) is 4. The molecule has 4 heteroatoms. The SMILES string of the molecule is [c]1ccc(N=Nc2ccccc2)c2c1nnc1ccccc12. The smallest absolute Gasteiger partial charge is 0.104 e. The van der Waals surface area contributed by atoms with Crippen molar-refractivity contribution in [3.05, 3.63) is 72.8 Å². The number of fused-ring (bicyclic) bond motifs is 3. The van der Waals surface area contributed by atoms with Crippen LogP contribution in [0.5, 0.6) is 0 Å². The van der Waals surface area contributed by atoms with Crippen molar-refractivity contribution in [1.82, 2.24) is 10.2 Å². The van der Waals surface area contributed by atoms with E-state index in [1.807, 2.05) is 60.7 Å². The molecule has 0 atom stereocenters. The molecule has 0 N–H and O–H groups in total. The van der Waals surface area contributed by atoms with Crippen molar-refractivity contribution in [3.8, 4) is 0 Å². The van der Waals surface area contributed by atoms with Gasteiger partial charge in [-0.05, 0) is 30.3 Å². The zero-order valence-electron chi connectivity index (χ0n) is 11.6. The van der Waals surface area contributed by atoms with Crippen LogP contribution in [0, 0.1) is 6.07 Å². The molecule has 0 bridgehead atoms. The second kappa shape index (κ2) is 5.33. The molecule has 103 valence electrons. The van der Waals surface area contributed by atoms with Gasteiger partial charge in [-0.15, -0.1) is 15.3 Å². The lowest BCUT2D eigenvalue weighted by Gasteiger charge is -2.03. The Labute approximate surface area is 127 Å². The van der Waals surface area contributed by atoms with Crippen LogP contribution in [0.2, 0.25) is 0 Å². The summed E-state index contributed by atoms with van der Waals surface area (Å²) in [6.45, 7) is 0. The number of azo groups is 1. The van der Waals surface area contributed by atoms with Crippen molar-refractivity contribution in [1.29, 1.82) is 0 Å². The molecule has 0 amide bonds. The van der Waals surface area contributed by atoms with Gasteiger partial charge in [0.05, 0.1) is 16.9 Å². The van der Waals surface area contributed by atoms with Gasteiger partial charge in [-0.1, -0.05) is 36.4 Å². The summed E-state index contributed by atoms with van der Waals surface area (Å²) in [5, 5.41) is 19.1. The quantitative estimate of drug-likeness (QED) is 0.384. The van der Waals surface area contributed by atoms with Crippen molar-refractivity contribution in [2.45, 2.75) is 0 Å². The van der Waals surface area contributed by atoms with Crippen LogP contribution < -0.4 is 0 Å². The van der Waals surface area contributed by atoms with E-state index in [0.29, 0.717) is 5.52 Å². The van der Waals surface area contributed by atoms with Crippen LogP contribution in [-0.2, 0) is 0 Å². The summed E-state index contributed by atoms with van der Waals surface area (Å²) in [6.07, 6.45) is 0. The van der Waals surface area contributed by atoms with E-state index in [2.05, 4.69) is 26.5 Å². The Morgan fingerprint density at radius 1 is 0.773 bits per heavy atom. The van der Waals surface area contributed by atoms with Crippen molar-refractivity contribution < 1.29 is 0 Å². The Morgan fingerprint density at radius 2 is 1.59 bits per heavy atom. The van der Waals surface area contributed by atoms with Gasteiger partial charge in [0, 0.05) is 16.8 Å². The molecule has 22 heavy (non-hydrogen) atoms. The fourth-order valence-electron chi connectivity index (χ4n) is 2.39. The van der Waals surface area contributed by atoms with Crippen LogP contribution in [-0.4, -0.2) is 10.2 Å². The Hall–Kier alpha value is -3.14. The van der Waals surface area contributed by atoms with Crippen LogP contribution in [0.4, 0.5) is 11.4 Å². The molecule has 1 heterocycles. The van der Waals surface area contributed by atoms with E-state index in [9.17, 15) is 0 Å². The maximum Gasteiger partial charge on any atom is 0.104 e. The first-order valence-corrected chi connectivity index (χ1v) is 6.94. The van der Waals surface area contributed by atoms with Gasteiger partial charge in [0.2, 0.25) is 0 Å². The third-order valence-corrected chi connectivity index (χ3v) is 3.41. The predicted octanol–water partition coefficient (Wildman–Crippen LogP) is 5.00. The highest BCUT2D eigenvalue weighted by Gasteiger charge is 2.07. The third kappa shape index (κ3) is 2.20. The lowest BCUT2D eigenvalue weighted by Crippen LogP contribution is -1.87. The van der Waals surface area contributed by atoms with Crippen molar-refractivity contribution in [2.24, 2.45) is 10.2 Å². The Morgan fingerprint density at radius 3 is 2.50 bits per heavy atom. The van der Waals surface area contributed by atoms with E-state index in [1.54, 1.807) is 6.07 Å². The first-order chi connectivity index (χ1) is 10.9. The lowest BCUT2D eigenvalue weighted by atomic mass is 10.1. The largest absolute Gasteiger partial charge is 0.151 e. The first-order valence-electron chi connectivity index (χ1n) is 6.94. The van der Waals surface area contributed by atoms with E-state index in [4.69, 9.17) is 0 Å². The molecule has 0 unspecified atom stereocenters. The molecule has 4 rings (SSSR count). The maximum absolute atomic E-state index is 4.39. The minimum Gasteiger partial charge on any atom is -0.151 e. The van der Waals surface area contributed by atoms with Crippen LogP contribution in [0.25, 0.3) is 21.8 Å². The Balaban J connectivity index is 1.94. The number of hydrogen-bond donors (Lipinski definition) is 0. The molecular formula is C18H11N4. The molecule has 3 aromatic carbocycles. The molecule has 0 aliphatic rings. The lowest BCUT2D eigenvalue weighted by molar-refractivity contribution is 1.12. The monoisotopic (exact) mass is 283 g/mol. The molecule has 0 fully saturated rings. The fraction of sp³-hybridized carbons (Fsp3) is 0. The van der Waals surface area contributed by atoms with Crippen molar-refractivity contribution in [2.75, 3.05) is 0 Å².